The maximum atomic E-state index is 12.8. The SMILES string of the molecule is CC(C)(C)c1[nH]ccc1N1CCc2c(cccc2Oc2ccc(C(F)(F)F)cc2)C1. The van der Waals surface area contributed by atoms with Crippen molar-refractivity contribution in [3.05, 3.63) is 77.1 Å². The number of halogens is 3. The summed E-state index contributed by atoms with van der Waals surface area (Å²) in [4.78, 5) is 5.74. The monoisotopic (exact) mass is 414 g/mol. The van der Waals surface area contributed by atoms with E-state index in [0.717, 1.165) is 37.2 Å². The van der Waals surface area contributed by atoms with Gasteiger partial charge in [-0.15, -0.1) is 0 Å². The topological polar surface area (TPSA) is 28.3 Å². The number of anilines is 1. The van der Waals surface area contributed by atoms with Crippen LogP contribution >= 0.6 is 0 Å². The average Bonchev–Trinajstić information content (AvgIpc) is 3.18. The molecule has 0 unspecified atom stereocenters. The van der Waals surface area contributed by atoms with Crippen LogP contribution in [0.2, 0.25) is 0 Å². The van der Waals surface area contributed by atoms with Gasteiger partial charge < -0.3 is 14.6 Å². The maximum absolute atomic E-state index is 12.8. The van der Waals surface area contributed by atoms with E-state index in [1.165, 1.54) is 29.1 Å². The van der Waals surface area contributed by atoms with Gasteiger partial charge in [-0.1, -0.05) is 32.9 Å². The number of rotatable bonds is 3. The molecule has 2 aromatic carbocycles. The Morgan fingerprint density at radius 2 is 1.70 bits per heavy atom. The molecule has 1 aliphatic heterocycles. The first kappa shape index (κ1) is 20.4. The molecule has 0 spiro atoms. The Balaban J connectivity index is 1.56. The summed E-state index contributed by atoms with van der Waals surface area (Å²) in [5.41, 5.74) is 4.05. The van der Waals surface area contributed by atoms with Gasteiger partial charge in [0.2, 0.25) is 0 Å². The zero-order valence-corrected chi connectivity index (χ0v) is 17.3. The van der Waals surface area contributed by atoms with Crippen LogP contribution < -0.4 is 9.64 Å². The van der Waals surface area contributed by atoms with Crippen LogP contribution in [0.4, 0.5) is 18.9 Å². The van der Waals surface area contributed by atoms with Crippen molar-refractivity contribution in [2.24, 2.45) is 0 Å². The van der Waals surface area contributed by atoms with E-state index in [1.807, 2.05) is 18.3 Å². The van der Waals surface area contributed by atoms with E-state index in [1.54, 1.807) is 0 Å². The summed E-state index contributed by atoms with van der Waals surface area (Å²) in [6.45, 7) is 8.19. The van der Waals surface area contributed by atoms with E-state index in [0.29, 0.717) is 11.5 Å². The summed E-state index contributed by atoms with van der Waals surface area (Å²) in [6, 6.07) is 12.9. The van der Waals surface area contributed by atoms with E-state index >= 15 is 0 Å². The zero-order valence-electron chi connectivity index (χ0n) is 17.3. The highest BCUT2D eigenvalue weighted by Crippen LogP contribution is 2.37. The molecule has 30 heavy (non-hydrogen) atoms. The highest BCUT2D eigenvalue weighted by atomic mass is 19.4. The third-order valence-corrected chi connectivity index (χ3v) is 5.45. The number of fused-ring (bicyclic) bond motifs is 1. The van der Waals surface area contributed by atoms with Crippen molar-refractivity contribution >= 4 is 5.69 Å². The van der Waals surface area contributed by atoms with E-state index in [-0.39, 0.29) is 5.41 Å². The summed E-state index contributed by atoms with van der Waals surface area (Å²) in [7, 11) is 0. The number of aromatic nitrogens is 1. The number of nitrogens with zero attached hydrogens (tertiary/aromatic N) is 1. The number of hydrogen-bond donors (Lipinski definition) is 1. The largest absolute Gasteiger partial charge is 0.457 e. The molecule has 1 aromatic heterocycles. The molecule has 0 bridgehead atoms. The first-order valence-corrected chi connectivity index (χ1v) is 10.0. The molecule has 1 aliphatic rings. The molecule has 4 rings (SSSR count). The molecule has 0 radical (unpaired) electrons. The highest BCUT2D eigenvalue weighted by Gasteiger charge is 2.30. The summed E-state index contributed by atoms with van der Waals surface area (Å²) in [6.07, 6.45) is -1.56. The normalized spacial score (nSPS) is 14.5. The number of aromatic amines is 1. The smallest absolute Gasteiger partial charge is 0.416 e. The predicted octanol–water partition coefficient (Wildman–Crippen LogP) is 6.69. The Labute approximate surface area is 174 Å². The number of nitrogens with one attached hydrogen (secondary N) is 1. The Bertz CT molecular complexity index is 1030. The standard InChI is InChI=1S/C24H25F3N2O/c1-23(2,3)22-20(11-13-28-22)29-14-12-19-16(15-29)5-4-6-21(19)30-18-9-7-17(8-10-18)24(25,26)27/h4-11,13,28H,12,14-15H2,1-3H3. The number of hydrogen-bond acceptors (Lipinski definition) is 2. The molecule has 0 fully saturated rings. The van der Waals surface area contributed by atoms with Crippen molar-refractivity contribution in [1.82, 2.24) is 4.98 Å². The zero-order chi connectivity index (χ0) is 21.5. The lowest BCUT2D eigenvalue weighted by molar-refractivity contribution is -0.137. The fourth-order valence-electron chi connectivity index (χ4n) is 3.94. The minimum atomic E-state index is -4.35. The minimum absolute atomic E-state index is 0.0205. The lowest BCUT2D eigenvalue weighted by atomic mass is 9.90. The Morgan fingerprint density at radius 3 is 2.37 bits per heavy atom. The van der Waals surface area contributed by atoms with Crippen molar-refractivity contribution < 1.29 is 17.9 Å². The van der Waals surface area contributed by atoms with Crippen LogP contribution in [0.3, 0.4) is 0 Å². The molecule has 0 amide bonds. The second-order valence-corrected chi connectivity index (χ2v) is 8.68. The quantitative estimate of drug-likeness (QED) is 0.517. The fourth-order valence-corrected chi connectivity index (χ4v) is 3.94. The third kappa shape index (κ3) is 4.04. The van der Waals surface area contributed by atoms with Gasteiger partial charge in [-0.2, -0.15) is 13.2 Å². The van der Waals surface area contributed by atoms with Crippen LogP contribution in [0.1, 0.15) is 43.2 Å². The van der Waals surface area contributed by atoms with Gasteiger partial charge in [-0.25, -0.2) is 0 Å². The van der Waals surface area contributed by atoms with Crippen molar-refractivity contribution in [2.75, 3.05) is 11.4 Å². The summed E-state index contributed by atoms with van der Waals surface area (Å²) >= 11 is 0. The van der Waals surface area contributed by atoms with Gasteiger partial charge >= 0.3 is 6.18 Å². The number of alkyl halides is 3. The van der Waals surface area contributed by atoms with E-state index in [4.69, 9.17) is 4.74 Å². The van der Waals surface area contributed by atoms with Crippen LogP contribution in [0, 0.1) is 0 Å². The summed E-state index contributed by atoms with van der Waals surface area (Å²) in [5, 5.41) is 0. The van der Waals surface area contributed by atoms with Gasteiger partial charge in [0.05, 0.1) is 11.3 Å². The first-order chi connectivity index (χ1) is 14.1. The Kier molecular flexibility index (Phi) is 5.04. The minimum Gasteiger partial charge on any atom is -0.457 e. The molecule has 3 aromatic rings. The van der Waals surface area contributed by atoms with E-state index in [9.17, 15) is 13.2 Å². The molecule has 1 N–H and O–H groups in total. The van der Waals surface area contributed by atoms with Crippen molar-refractivity contribution in [3.63, 3.8) is 0 Å². The predicted molar refractivity (Wildman–Crippen MR) is 112 cm³/mol. The maximum Gasteiger partial charge on any atom is 0.416 e. The van der Waals surface area contributed by atoms with Crippen LogP contribution in [0.5, 0.6) is 11.5 Å². The molecule has 2 heterocycles. The molecule has 158 valence electrons. The van der Waals surface area contributed by atoms with E-state index in [2.05, 4.69) is 42.8 Å². The van der Waals surface area contributed by atoms with Crippen molar-refractivity contribution in [2.45, 2.75) is 45.3 Å². The highest BCUT2D eigenvalue weighted by molar-refractivity contribution is 5.57. The van der Waals surface area contributed by atoms with E-state index < -0.39 is 11.7 Å². The lowest BCUT2D eigenvalue weighted by Crippen LogP contribution is -2.32. The van der Waals surface area contributed by atoms with Gasteiger partial charge in [-0.3, -0.25) is 0 Å². The Morgan fingerprint density at radius 1 is 0.967 bits per heavy atom. The van der Waals surface area contributed by atoms with Crippen molar-refractivity contribution in [3.8, 4) is 11.5 Å². The van der Waals surface area contributed by atoms with Gasteiger partial charge in [-0.05, 0) is 48.4 Å². The summed E-state index contributed by atoms with van der Waals surface area (Å²) < 4.78 is 44.3. The van der Waals surface area contributed by atoms with Crippen LogP contribution in [-0.2, 0) is 24.6 Å². The molecule has 0 saturated carbocycles. The fraction of sp³-hybridized carbons (Fsp3) is 0.333. The molecular formula is C24H25F3N2O. The number of benzene rings is 2. The average molecular weight is 414 g/mol. The van der Waals surface area contributed by atoms with Crippen LogP contribution in [-0.4, -0.2) is 11.5 Å². The third-order valence-electron chi connectivity index (χ3n) is 5.45. The number of ether oxygens (including phenoxy) is 1. The molecule has 6 heteroatoms. The van der Waals surface area contributed by atoms with Gasteiger partial charge in [0.1, 0.15) is 11.5 Å². The molecule has 0 saturated heterocycles. The number of H-pyrrole nitrogens is 1. The first-order valence-electron chi connectivity index (χ1n) is 10.0. The van der Waals surface area contributed by atoms with Gasteiger partial charge in [0.15, 0.2) is 0 Å². The molecule has 3 nitrogen and oxygen atoms in total. The second kappa shape index (κ2) is 7.42. The van der Waals surface area contributed by atoms with Gasteiger partial charge in [0, 0.05) is 36.0 Å². The van der Waals surface area contributed by atoms with Crippen molar-refractivity contribution in [1.29, 1.82) is 0 Å². The summed E-state index contributed by atoms with van der Waals surface area (Å²) in [5.74, 6) is 1.11. The van der Waals surface area contributed by atoms with Gasteiger partial charge in [0.25, 0.3) is 0 Å². The molecule has 0 atom stereocenters. The van der Waals surface area contributed by atoms with Crippen LogP contribution in [0.15, 0.2) is 54.7 Å². The molecule has 0 aliphatic carbocycles. The second-order valence-electron chi connectivity index (χ2n) is 8.68. The Hall–Kier alpha value is -2.89. The molecular weight excluding hydrogens is 389 g/mol. The lowest BCUT2D eigenvalue weighted by Gasteiger charge is -2.33. The van der Waals surface area contributed by atoms with Crippen LogP contribution in [0.25, 0.3) is 0 Å².